The molecular weight excluding hydrogens is 266 g/mol. The second-order valence-electron chi connectivity index (χ2n) is 3.69. The quantitative estimate of drug-likeness (QED) is 0.642. The van der Waals surface area contributed by atoms with Gasteiger partial charge in [-0.2, -0.15) is 0 Å². The molecule has 0 spiro atoms. The van der Waals surface area contributed by atoms with Crippen molar-refractivity contribution in [3.8, 4) is 5.75 Å². The van der Waals surface area contributed by atoms with E-state index in [0.29, 0.717) is 5.75 Å². The highest BCUT2D eigenvalue weighted by Gasteiger charge is 2.22. The third kappa shape index (κ3) is 1.75. The number of nitrogens with zero attached hydrogens (tertiary/aromatic N) is 1. The van der Waals surface area contributed by atoms with Crippen LogP contribution in [0.5, 0.6) is 5.75 Å². The molecule has 3 heteroatoms. The molecule has 0 fully saturated rings. The second kappa shape index (κ2) is 4.12. The number of benzene rings is 1. The Kier molecular flexibility index (Phi) is 2.82. The lowest BCUT2D eigenvalue weighted by Crippen LogP contribution is -3.00. The third-order valence-electron chi connectivity index (χ3n) is 2.67. The predicted molar refractivity (Wildman–Crippen MR) is 58.6 cm³/mol. The largest absolute Gasteiger partial charge is 1.00 e. The van der Waals surface area contributed by atoms with Crippen LogP contribution in [0.15, 0.2) is 42.2 Å². The first-order valence-corrected chi connectivity index (χ1v) is 4.90. The standard InChI is InChI=1S/C13H9NO.BrH/c15-13-5-4-10-9-14-6-2-1-3-12(14)7-11(10)8-13;/h1-2,4-8H,9H2;1H. The van der Waals surface area contributed by atoms with Crippen LogP contribution < -0.4 is 17.0 Å². The average molecular weight is 276 g/mol. The zero-order valence-corrected chi connectivity index (χ0v) is 10.1. The summed E-state index contributed by atoms with van der Waals surface area (Å²) in [4.78, 5) is 2.14. The summed E-state index contributed by atoms with van der Waals surface area (Å²) in [6.45, 7) is 0.846. The van der Waals surface area contributed by atoms with E-state index in [2.05, 4.69) is 11.0 Å². The van der Waals surface area contributed by atoms with Gasteiger partial charge in [0.15, 0.2) is 0 Å². The molecule has 0 amide bonds. The molecule has 0 aliphatic carbocycles. The summed E-state index contributed by atoms with van der Waals surface area (Å²) in [6, 6.07) is 5.48. The van der Waals surface area contributed by atoms with Crippen molar-refractivity contribution < 1.29 is 22.1 Å². The molecule has 0 atom stereocenters. The van der Waals surface area contributed by atoms with Crippen LogP contribution in [-0.4, -0.2) is 10.0 Å². The molecule has 0 aromatic heterocycles. The zero-order chi connectivity index (χ0) is 10.3. The number of aromatic hydroxyl groups is 1. The molecule has 0 unspecified atom stereocenters. The van der Waals surface area contributed by atoms with Crippen molar-refractivity contribution in [1.82, 2.24) is 4.90 Å². The molecule has 1 N–H and O–H groups in total. The Labute approximate surface area is 105 Å². The molecule has 80 valence electrons. The van der Waals surface area contributed by atoms with Crippen molar-refractivity contribution in [1.29, 1.82) is 0 Å². The molecule has 0 saturated carbocycles. The molecule has 2 nitrogen and oxygen atoms in total. The molecule has 1 aromatic carbocycles. The Bertz CT molecular complexity index is 503. The zero-order valence-electron chi connectivity index (χ0n) is 8.52. The van der Waals surface area contributed by atoms with Gasteiger partial charge >= 0.3 is 0 Å². The molecular formula is C13H10BrNO. The summed E-state index contributed by atoms with van der Waals surface area (Å²) < 4.78 is 0. The molecule has 2 aliphatic heterocycles. The molecule has 2 aliphatic rings. The van der Waals surface area contributed by atoms with Crippen molar-refractivity contribution in [3.63, 3.8) is 0 Å². The first-order chi connectivity index (χ1) is 7.33. The van der Waals surface area contributed by atoms with Gasteiger partial charge in [-0.3, -0.25) is 0 Å². The fraction of sp³-hybridized carbons (Fsp3) is 0.0769. The van der Waals surface area contributed by atoms with Gasteiger partial charge in [0.1, 0.15) is 11.8 Å². The van der Waals surface area contributed by atoms with Crippen molar-refractivity contribution in [3.05, 3.63) is 59.5 Å². The maximum atomic E-state index is 9.40. The minimum atomic E-state index is 0. The van der Waals surface area contributed by atoms with E-state index in [1.165, 1.54) is 5.56 Å². The Balaban J connectivity index is 0.000000963. The number of fused-ring (bicyclic) bond motifs is 2. The maximum Gasteiger partial charge on any atom is 0.210 e. The van der Waals surface area contributed by atoms with E-state index in [9.17, 15) is 5.11 Å². The van der Waals surface area contributed by atoms with Gasteiger partial charge in [-0.05, 0) is 11.6 Å². The van der Waals surface area contributed by atoms with Gasteiger partial charge in [0.25, 0.3) is 0 Å². The number of halogens is 1. The van der Waals surface area contributed by atoms with Crippen LogP contribution in [0.4, 0.5) is 0 Å². The van der Waals surface area contributed by atoms with E-state index in [0.717, 1.165) is 17.8 Å². The van der Waals surface area contributed by atoms with Gasteiger partial charge in [-0.1, -0.05) is 6.07 Å². The SMILES string of the molecule is Oc1ccc2c(c1)C=C1[C+]=CC=CN1C2.[Br-]. The molecule has 1 aromatic rings. The van der Waals surface area contributed by atoms with E-state index in [1.807, 2.05) is 30.5 Å². The highest BCUT2D eigenvalue weighted by Crippen LogP contribution is 2.28. The summed E-state index contributed by atoms with van der Waals surface area (Å²) in [5.74, 6) is 0.314. The molecule has 0 saturated heterocycles. The lowest BCUT2D eigenvalue weighted by atomic mass is 10.0. The Morgan fingerprint density at radius 2 is 2.19 bits per heavy atom. The number of allylic oxidation sites excluding steroid dienone is 3. The lowest BCUT2D eigenvalue weighted by Gasteiger charge is -2.22. The molecule has 3 rings (SSSR count). The molecule has 16 heavy (non-hydrogen) atoms. The lowest BCUT2D eigenvalue weighted by molar-refractivity contribution is -0.00000395. The van der Waals surface area contributed by atoms with Crippen LogP contribution in [-0.2, 0) is 6.54 Å². The fourth-order valence-electron chi connectivity index (χ4n) is 1.90. The summed E-state index contributed by atoms with van der Waals surface area (Å²) in [5.41, 5.74) is 3.36. The predicted octanol–water partition coefficient (Wildman–Crippen LogP) is -0.561. The third-order valence-corrected chi connectivity index (χ3v) is 2.67. The molecule has 0 radical (unpaired) electrons. The van der Waals surface area contributed by atoms with Crippen LogP contribution in [0.3, 0.4) is 0 Å². The maximum absolute atomic E-state index is 9.40. The van der Waals surface area contributed by atoms with E-state index in [-0.39, 0.29) is 17.0 Å². The van der Waals surface area contributed by atoms with Gasteiger partial charge in [-0.15, -0.1) is 0 Å². The normalized spacial score (nSPS) is 15.5. The number of phenols is 1. The summed E-state index contributed by atoms with van der Waals surface area (Å²) >= 11 is 0. The monoisotopic (exact) mass is 275 g/mol. The summed E-state index contributed by atoms with van der Waals surface area (Å²) in [7, 11) is 0. The highest BCUT2D eigenvalue weighted by atomic mass is 79.9. The number of rotatable bonds is 0. The highest BCUT2D eigenvalue weighted by molar-refractivity contribution is 5.62. The Morgan fingerprint density at radius 1 is 1.31 bits per heavy atom. The van der Waals surface area contributed by atoms with E-state index < -0.39 is 0 Å². The van der Waals surface area contributed by atoms with Crippen molar-refractivity contribution >= 4 is 6.08 Å². The topological polar surface area (TPSA) is 23.5 Å². The van der Waals surface area contributed by atoms with Gasteiger partial charge in [0.05, 0.1) is 31.0 Å². The van der Waals surface area contributed by atoms with Gasteiger partial charge < -0.3 is 27.0 Å². The van der Waals surface area contributed by atoms with E-state index in [4.69, 9.17) is 0 Å². The van der Waals surface area contributed by atoms with Crippen LogP contribution in [0, 0.1) is 6.08 Å². The van der Waals surface area contributed by atoms with Crippen molar-refractivity contribution in [2.75, 3.05) is 0 Å². The second-order valence-corrected chi connectivity index (χ2v) is 3.69. The average Bonchev–Trinajstić information content (AvgIpc) is 2.26. The first-order valence-electron chi connectivity index (χ1n) is 4.90. The van der Waals surface area contributed by atoms with Crippen LogP contribution in [0.2, 0.25) is 0 Å². The van der Waals surface area contributed by atoms with Crippen LogP contribution in [0.1, 0.15) is 11.1 Å². The minimum Gasteiger partial charge on any atom is -1.00 e. The van der Waals surface area contributed by atoms with Gasteiger partial charge in [0, 0.05) is 11.6 Å². The molecule has 2 heterocycles. The van der Waals surface area contributed by atoms with Gasteiger partial charge in [-0.25, -0.2) is 0 Å². The first kappa shape index (κ1) is 10.9. The number of hydrogen-bond acceptors (Lipinski definition) is 2. The number of hydrogen-bond donors (Lipinski definition) is 1. The summed E-state index contributed by atoms with van der Waals surface area (Å²) in [6.07, 6.45) is 11.1. The smallest absolute Gasteiger partial charge is 0.210 e. The van der Waals surface area contributed by atoms with Gasteiger partial charge in [0.2, 0.25) is 5.70 Å². The van der Waals surface area contributed by atoms with Crippen LogP contribution >= 0.6 is 0 Å². The molecule has 0 bridgehead atoms. The fourth-order valence-corrected chi connectivity index (χ4v) is 1.90. The van der Waals surface area contributed by atoms with Crippen molar-refractivity contribution in [2.45, 2.75) is 6.54 Å². The Hall–Kier alpha value is -1.57. The minimum absolute atomic E-state index is 0. The Morgan fingerprint density at radius 3 is 3.06 bits per heavy atom. The van der Waals surface area contributed by atoms with Crippen LogP contribution in [0.25, 0.3) is 6.08 Å². The van der Waals surface area contributed by atoms with E-state index >= 15 is 0 Å². The number of phenolic OH excluding ortho intramolecular Hbond substituents is 1. The summed E-state index contributed by atoms with van der Waals surface area (Å²) in [5, 5.41) is 9.40. The van der Waals surface area contributed by atoms with E-state index in [1.54, 1.807) is 12.1 Å². The van der Waals surface area contributed by atoms with Crippen molar-refractivity contribution in [2.24, 2.45) is 0 Å².